The van der Waals surface area contributed by atoms with Gasteiger partial charge in [0.2, 0.25) is 0 Å². The van der Waals surface area contributed by atoms with Gasteiger partial charge in [0.1, 0.15) is 0 Å². The zero-order chi connectivity index (χ0) is 17.9. The van der Waals surface area contributed by atoms with Crippen LogP contribution in [0.15, 0.2) is 36.9 Å². The van der Waals surface area contributed by atoms with Gasteiger partial charge in [-0.05, 0) is 35.8 Å². The summed E-state index contributed by atoms with van der Waals surface area (Å²) in [5.74, 6) is -1.27. The number of phenols is 1. The number of para-hydroxylation sites is 1. The molecule has 0 saturated heterocycles. The number of nitrogens with one attached hydrogen (secondary N) is 1. The quantitative estimate of drug-likeness (QED) is 0.794. The fraction of sp³-hybridized carbons (Fsp3) is 0.167. The van der Waals surface area contributed by atoms with E-state index in [9.17, 15) is 19.4 Å². The molecule has 3 N–H and O–H groups in total. The highest BCUT2D eigenvalue weighted by Gasteiger charge is 2.19. The van der Waals surface area contributed by atoms with Crippen molar-refractivity contribution in [2.75, 3.05) is 12.4 Å². The van der Waals surface area contributed by atoms with Crippen LogP contribution in [0.4, 0.5) is 14.9 Å². The number of allylic oxidation sites excluding steroid dienone is 1. The first kappa shape index (κ1) is 17.5. The van der Waals surface area contributed by atoms with Gasteiger partial charge in [-0.3, -0.25) is 5.32 Å². The number of halogens is 1. The highest BCUT2D eigenvalue weighted by molar-refractivity contribution is 5.92. The van der Waals surface area contributed by atoms with Crippen LogP contribution in [0.3, 0.4) is 0 Å². The standard InChI is InChI=1S/C18H18FNO4/c1-10(2)16-13(9-21)11(7-8-15(16)20-18(23)24-3)12-5-4-6-14(19)17(12)22/h4-8,21-22H,1,9H2,2-3H3,(H,20,23). The molecule has 0 unspecified atom stereocenters. The maximum absolute atomic E-state index is 13.7. The number of rotatable bonds is 4. The number of hydrogen-bond acceptors (Lipinski definition) is 4. The van der Waals surface area contributed by atoms with Crippen LogP contribution in [0.2, 0.25) is 0 Å². The lowest BCUT2D eigenvalue weighted by Gasteiger charge is -2.19. The molecule has 5 nitrogen and oxygen atoms in total. The van der Waals surface area contributed by atoms with E-state index in [1.807, 2.05) is 0 Å². The van der Waals surface area contributed by atoms with Gasteiger partial charge in [-0.2, -0.15) is 0 Å². The number of methoxy groups -OCH3 is 1. The molecular formula is C18H18FNO4. The van der Waals surface area contributed by atoms with Crippen LogP contribution in [0.25, 0.3) is 16.7 Å². The minimum atomic E-state index is -0.759. The molecule has 2 rings (SSSR count). The molecule has 1 amide bonds. The number of anilines is 1. The molecule has 0 radical (unpaired) electrons. The number of phenolic OH excluding ortho intramolecular Hbond substituents is 1. The number of hydrogen-bond donors (Lipinski definition) is 3. The van der Waals surface area contributed by atoms with Crippen molar-refractivity contribution in [1.82, 2.24) is 0 Å². The number of aliphatic hydroxyl groups excluding tert-OH is 1. The van der Waals surface area contributed by atoms with Crippen molar-refractivity contribution in [3.05, 3.63) is 53.9 Å². The third kappa shape index (κ3) is 3.23. The number of carbonyl (C=O) groups excluding carboxylic acids is 1. The van der Waals surface area contributed by atoms with Crippen molar-refractivity contribution in [3.63, 3.8) is 0 Å². The summed E-state index contributed by atoms with van der Waals surface area (Å²) in [5.41, 5.74) is 2.59. The molecule has 0 saturated carbocycles. The molecule has 0 bridgehead atoms. The molecule has 0 aromatic heterocycles. The Balaban J connectivity index is 2.71. The fourth-order valence-electron chi connectivity index (χ4n) is 2.55. The van der Waals surface area contributed by atoms with Crippen LogP contribution < -0.4 is 5.32 Å². The largest absolute Gasteiger partial charge is 0.504 e. The molecule has 0 aliphatic carbocycles. The Bertz CT molecular complexity index is 802. The van der Waals surface area contributed by atoms with Crippen LogP contribution in [-0.4, -0.2) is 23.4 Å². The van der Waals surface area contributed by atoms with E-state index in [-0.39, 0.29) is 12.2 Å². The summed E-state index contributed by atoms with van der Waals surface area (Å²) in [4.78, 5) is 11.5. The minimum absolute atomic E-state index is 0.242. The van der Waals surface area contributed by atoms with Crippen molar-refractivity contribution in [2.45, 2.75) is 13.5 Å². The van der Waals surface area contributed by atoms with Gasteiger partial charge in [-0.15, -0.1) is 0 Å². The summed E-state index contributed by atoms with van der Waals surface area (Å²) in [7, 11) is 1.24. The van der Waals surface area contributed by atoms with E-state index >= 15 is 0 Å². The van der Waals surface area contributed by atoms with Gasteiger partial charge in [0.15, 0.2) is 11.6 Å². The van der Waals surface area contributed by atoms with Crippen molar-refractivity contribution in [3.8, 4) is 16.9 Å². The molecular weight excluding hydrogens is 313 g/mol. The maximum atomic E-state index is 13.7. The van der Waals surface area contributed by atoms with Gasteiger partial charge >= 0.3 is 6.09 Å². The van der Waals surface area contributed by atoms with Gasteiger partial charge < -0.3 is 14.9 Å². The van der Waals surface area contributed by atoms with Crippen LogP contribution in [0.5, 0.6) is 5.75 Å². The monoisotopic (exact) mass is 331 g/mol. The van der Waals surface area contributed by atoms with Crippen molar-refractivity contribution < 1.29 is 24.1 Å². The Morgan fingerprint density at radius 2 is 2.00 bits per heavy atom. The second kappa shape index (κ2) is 7.14. The average molecular weight is 331 g/mol. The summed E-state index contributed by atoms with van der Waals surface area (Å²) >= 11 is 0. The minimum Gasteiger partial charge on any atom is -0.504 e. The Kier molecular flexibility index (Phi) is 5.21. The third-order valence-electron chi connectivity index (χ3n) is 3.60. The highest BCUT2D eigenvalue weighted by Crippen LogP contribution is 2.39. The molecule has 2 aromatic carbocycles. The number of amides is 1. The van der Waals surface area contributed by atoms with E-state index in [2.05, 4.69) is 16.6 Å². The molecule has 0 aliphatic heterocycles. The van der Waals surface area contributed by atoms with Crippen LogP contribution in [0.1, 0.15) is 18.1 Å². The van der Waals surface area contributed by atoms with Crippen molar-refractivity contribution in [2.24, 2.45) is 0 Å². The first-order valence-electron chi connectivity index (χ1n) is 7.16. The van der Waals surface area contributed by atoms with Crippen LogP contribution in [-0.2, 0) is 11.3 Å². The Morgan fingerprint density at radius 3 is 2.58 bits per heavy atom. The van der Waals surface area contributed by atoms with E-state index in [1.165, 1.54) is 13.2 Å². The number of aromatic hydroxyl groups is 1. The molecule has 0 spiro atoms. The van der Waals surface area contributed by atoms with Gasteiger partial charge in [0.25, 0.3) is 0 Å². The first-order valence-corrected chi connectivity index (χ1v) is 7.16. The predicted octanol–water partition coefficient (Wildman–Crippen LogP) is 3.90. The van der Waals surface area contributed by atoms with E-state index in [1.54, 1.807) is 25.1 Å². The predicted molar refractivity (Wildman–Crippen MR) is 90.2 cm³/mol. The topological polar surface area (TPSA) is 78.8 Å². The molecule has 6 heteroatoms. The highest BCUT2D eigenvalue weighted by atomic mass is 19.1. The first-order chi connectivity index (χ1) is 11.4. The zero-order valence-electron chi connectivity index (χ0n) is 13.4. The van der Waals surface area contributed by atoms with Gasteiger partial charge in [-0.1, -0.05) is 24.8 Å². The normalized spacial score (nSPS) is 10.3. The van der Waals surface area contributed by atoms with Gasteiger partial charge in [0, 0.05) is 11.1 Å². The molecule has 0 atom stereocenters. The zero-order valence-corrected chi connectivity index (χ0v) is 13.4. The third-order valence-corrected chi connectivity index (χ3v) is 3.60. The molecule has 126 valence electrons. The number of aliphatic hydroxyl groups is 1. The maximum Gasteiger partial charge on any atom is 0.411 e. The van der Waals surface area contributed by atoms with Crippen molar-refractivity contribution in [1.29, 1.82) is 0 Å². The molecule has 0 heterocycles. The van der Waals surface area contributed by atoms with Crippen LogP contribution >= 0.6 is 0 Å². The summed E-state index contributed by atoms with van der Waals surface area (Å²) in [5, 5.41) is 22.4. The molecule has 24 heavy (non-hydrogen) atoms. The second-order valence-electron chi connectivity index (χ2n) is 5.21. The fourth-order valence-corrected chi connectivity index (χ4v) is 2.55. The van der Waals surface area contributed by atoms with E-state index in [0.29, 0.717) is 28.0 Å². The summed E-state index contributed by atoms with van der Waals surface area (Å²) < 4.78 is 18.2. The average Bonchev–Trinajstić information content (AvgIpc) is 2.56. The molecule has 0 aliphatic rings. The SMILES string of the molecule is C=C(C)c1c(NC(=O)OC)ccc(-c2cccc(F)c2O)c1CO. The number of ether oxygens (including phenoxy) is 1. The smallest absolute Gasteiger partial charge is 0.411 e. The summed E-state index contributed by atoms with van der Waals surface area (Å²) in [6.07, 6.45) is -0.664. The lowest BCUT2D eigenvalue weighted by atomic mass is 9.91. The van der Waals surface area contributed by atoms with Gasteiger partial charge in [0.05, 0.1) is 19.4 Å². The molecule has 2 aromatic rings. The number of carbonyl (C=O) groups is 1. The Hall–Kier alpha value is -2.86. The Morgan fingerprint density at radius 1 is 1.29 bits per heavy atom. The summed E-state index contributed by atoms with van der Waals surface area (Å²) in [6, 6.07) is 7.32. The van der Waals surface area contributed by atoms with E-state index in [0.717, 1.165) is 6.07 Å². The number of benzene rings is 2. The van der Waals surface area contributed by atoms with E-state index < -0.39 is 17.7 Å². The lowest BCUT2D eigenvalue weighted by Crippen LogP contribution is -2.13. The second-order valence-corrected chi connectivity index (χ2v) is 5.21. The molecule has 0 fully saturated rings. The van der Waals surface area contributed by atoms with E-state index in [4.69, 9.17) is 0 Å². The van der Waals surface area contributed by atoms with Crippen molar-refractivity contribution >= 4 is 17.4 Å². The van der Waals surface area contributed by atoms with Gasteiger partial charge in [-0.25, -0.2) is 9.18 Å². The Labute approximate surface area is 139 Å². The van der Waals surface area contributed by atoms with Crippen LogP contribution in [0, 0.1) is 5.82 Å². The lowest BCUT2D eigenvalue weighted by molar-refractivity contribution is 0.187. The summed E-state index contributed by atoms with van der Waals surface area (Å²) in [6.45, 7) is 5.19.